The number of nitrogens with zero attached hydrogens (tertiary/aromatic N) is 1. The van der Waals surface area contributed by atoms with Crippen molar-refractivity contribution in [1.82, 2.24) is 0 Å². The fraction of sp³-hybridized carbons (Fsp3) is 0.680. The van der Waals surface area contributed by atoms with Crippen LogP contribution in [0.2, 0.25) is 0 Å². The van der Waals surface area contributed by atoms with Crippen LogP contribution >= 0.6 is 23.5 Å². The van der Waals surface area contributed by atoms with E-state index in [-0.39, 0.29) is 38.7 Å². The van der Waals surface area contributed by atoms with Crippen molar-refractivity contribution < 1.29 is 43.5 Å². The van der Waals surface area contributed by atoms with Gasteiger partial charge in [0.25, 0.3) is 0 Å². The Morgan fingerprint density at radius 1 is 1.08 bits per heavy atom. The minimum absolute atomic E-state index is 0.0815. The van der Waals surface area contributed by atoms with Gasteiger partial charge in [0, 0.05) is 31.9 Å². The third-order valence-electron chi connectivity index (χ3n) is 6.73. The standard InChI is InChI=1S/C25H37NO9S2/c1-11-9-16(30-6)19(28)25(33-11)34-20-13(3)12(2)18(21(31-7)22(20)32-8)24(29)37-23-14(4)36-17(35-26-5)10-15(23)27/h11,14-17,19,23,25,27-28H,5,9-10H2,1-4,6-8H3/t11-,14+,15-,16+,17+,19+,23+,25-/m0/s1. The molecular formula is C25H37NO9S2. The van der Waals surface area contributed by atoms with Crippen LogP contribution in [-0.4, -0.2) is 90.0 Å². The van der Waals surface area contributed by atoms with Crippen molar-refractivity contribution in [2.45, 2.75) is 87.2 Å². The van der Waals surface area contributed by atoms with Crippen molar-refractivity contribution in [1.29, 1.82) is 0 Å². The molecule has 2 fully saturated rings. The largest absolute Gasteiger partial charge is 0.492 e. The first kappa shape index (κ1) is 29.9. The molecule has 0 amide bonds. The van der Waals surface area contributed by atoms with Crippen LogP contribution < -0.4 is 14.2 Å². The van der Waals surface area contributed by atoms with Crippen LogP contribution in [0.4, 0.5) is 0 Å². The van der Waals surface area contributed by atoms with Crippen LogP contribution in [0.25, 0.3) is 0 Å². The molecule has 8 atom stereocenters. The summed E-state index contributed by atoms with van der Waals surface area (Å²) in [4.78, 5) is 18.8. The first-order valence-corrected chi connectivity index (χ1v) is 13.8. The predicted molar refractivity (Wildman–Crippen MR) is 143 cm³/mol. The van der Waals surface area contributed by atoms with Gasteiger partial charge in [-0.25, -0.2) is 0 Å². The van der Waals surface area contributed by atoms with E-state index in [9.17, 15) is 15.0 Å². The van der Waals surface area contributed by atoms with Gasteiger partial charge in [0.05, 0.1) is 43.3 Å². The van der Waals surface area contributed by atoms with Crippen molar-refractivity contribution in [3.8, 4) is 17.2 Å². The SMILES string of the molecule is C=NO[C@H]1C[C@H](O)[C@H](SC(=O)c2c(C)c(C)c(O[C@@H]3O[C@@H](C)C[C@@H](OC)[C@H]3O)c(OC)c2OC)[C@@H](C)S1. The summed E-state index contributed by atoms with van der Waals surface area (Å²) in [6, 6.07) is 0. The highest BCUT2D eigenvalue weighted by Crippen LogP contribution is 2.48. The molecule has 2 heterocycles. The van der Waals surface area contributed by atoms with Gasteiger partial charge in [-0.2, -0.15) is 0 Å². The minimum atomic E-state index is -1.02. The highest BCUT2D eigenvalue weighted by atomic mass is 32.2. The molecule has 0 aromatic heterocycles. The Hall–Kier alpha value is -1.70. The van der Waals surface area contributed by atoms with Gasteiger partial charge in [-0.1, -0.05) is 18.7 Å². The van der Waals surface area contributed by atoms with Crippen LogP contribution in [0.3, 0.4) is 0 Å². The molecule has 37 heavy (non-hydrogen) atoms. The summed E-state index contributed by atoms with van der Waals surface area (Å²) < 4.78 is 28.7. The quantitative estimate of drug-likeness (QED) is 0.342. The molecular weight excluding hydrogens is 522 g/mol. The second-order valence-electron chi connectivity index (χ2n) is 9.13. The maximum Gasteiger partial charge on any atom is 0.229 e. The van der Waals surface area contributed by atoms with Crippen molar-refractivity contribution in [3.05, 3.63) is 16.7 Å². The number of aliphatic hydroxyl groups is 2. The van der Waals surface area contributed by atoms with Gasteiger partial charge in [0.1, 0.15) is 6.10 Å². The van der Waals surface area contributed by atoms with E-state index in [0.29, 0.717) is 35.3 Å². The zero-order valence-corrected chi connectivity index (χ0v) is 23.9. The van der Waals surface area contributed by atoms with Crippen LogP contribution in [0, 0.1) is 13.8 Å². The smallest absolute Gasteiger partial charge is 0.229 e. The predicted octanol–water partition coefficient (Wildman–Crippen LogP) is 3.30. The molecule has 2 aliphatic heterocycles. The Labute approximate surface area is 226 Å². The molecule has 0 radical (unpaired) electrons. The molecule has 0 spiro atoms. The lowest BCUT2D eigenvalue weighted by atomic mass is 10.00. The van der Waals surface area contributed by atoms with E-state index < -0.39 is 24.6 Å². The van der Waals surface area contributed by atoms with Crippen LogP contribution in [0.1, 0.15) is 48.2 Å². The van der Waals surface area contributed by atoms with E-state index >= 15 is 0 Å². The number of hydrogen-bond acceptors (Lipinski definition) is 12. The zero-order chi connectivity index (χ0) is 27.4. The zero-order valence-electron chi connectivity index (χ0n) is 22.3. The van der Waals surface area contributed by atoms with E-state index in [4.69, 9.17) is 28.5 Å². The second kappa shape index (κ2) is 12.9. The van der Waals surface area contributed by atoms with Gasteiger partial charge in [-0.15, -0.1) is 16.9 Å². The molecule has 10 nitrogen and oxygen atoms in total. The summed E-state index contributed by atoms with van der Waals surface area (Å²) in [5.41, 5.74) is 1.29. The summed E-state index contributed by atoms with van der Waals surface area (Å²) in [5.74, 6) is 0.738. The average Bonchev–Trinajstić information content (AvgIpc) is 2.85. The average molecular weight is 560 g/mol. The second-order valence-corrected chi connectivity index (χ2v) is 11.8. The fourth-order valence-corrected chi connectivity index (χ4v) is 7.33. The Morgan fingerprint density at radius 2 is 1.76 bits per heavy atom. The van der Waals surface area contributed by atoms with Gasteiger partial charge in [-0.05, 0) is 31.9 Å². The number of carbonyl (C=O) groups excluding carboxylic acids is 1. The molecule has 0 bridgehead atoms. The van der Waals surface area contributed by atoms with Crippen molar-refractivity contribution in [2.75, 3.05) is 21.3 Å². The topological polar surface area (TPSA) is 125 Å². The van der Waals surface area contributed by atoms with E-state index in [1.807, 2.05) is 13.8 Å². The Bertz CT molecular complexity index is 966. The number of methoxy groups -OCH3 is 3. The number of aliphatic hydroxyl groups excluding tert-OH is 2. The van der Waals surface area contributed by atoms with Gasteiger partial charge >= 0.3 is 0 Å². The third kappa shape index (κ3) is 6.31. The first-order valence-electron chi connectivity index (χ1n) is 12.0. The number of oxime groups is 1. The molecule has 208 valence electrons. The van der Waals surface area contributed by atoms with Gasteiger partial charge < -0.3 is 38.7 Å². The molecule has 2 N–H and O–H groups in total. The molecule has 2 saturated heterocycles. The number of rotatable bonds is 9. The lowest BCUT2D eigenvalue weighted by Gasteiger charge is -2.38. The minimum Gasteiger partial charge on any atom is -0.492 e. The Kier molecular flexibility index (Phi) is 10.4. The lowest BCUT2D eigenvalue weighted by Crippen LogP contribution is -2.51. The van der Waals surface area contributed by atoms with Crippen LogP contribution in [-0.2, 0) is 14.3 Å². The summed E-state index contributed by atoms with van der Waals surface area (Å²) in [7, 11) is 4.44. The molecule has 0 aliphatic carbocycles. The van der Waals surface area contributed by atoms with Gasteiger partial charge in [0.2, 0.25) is 17.2 Å². The highest BCUT2D eigenvalue weighted by molar-refractivity contribution is 8.15. The Morgan fingerprint density at radius 3 is 2.32 bits per heavy atom. The fourth-order valence-electron chi connectivity index (χ4n) is 4.66. The summed E-state index contributed by atoms with van der Waals surface area (Å²) in [5, 5.41) is 24.2. The third-order valence-corrected chi connectivity index (χ3v) is 9.62. The normalized spacial score (nSPS) is 31.9. The van der Waals surface area contributed by atoms with Crippen LogP contribution in [0.15, 0.2) is 5.16 Å². The maximum atomic E-state index is 13.6. The molecule has 1 aromatic rings. The van der Waals surface area contributed by atoms with Crippen molar-refractivity contribution >= 4 is 35.4 Å². The summed E-state index contributed by atoms with van der Waals surface area (Å²) in [6.45, 7) is 10.8. The van der Waals surface area contributed by atoms with Gasteiger partial charge in [-0.3, -0.25) is 4.79 Å². The lowest BCUT2D eigenvalue weighted by molar-refractivity contribution is -0.236. The van der Waals surface area contributed by atoms with Crippen molar-refractivity contribution in [3.63, 3.8) is 0 Å². The number of benzene rings is 1. The molecule has 12 heteroatoms. The summed E-state index contributed by atoms with van der Waals surface area (Å²) in [6.07, 6.45) is -2.58. The number of ether oxygens (including phenoxy) is 5. The van der Waals surface area contributed by atoms with E-state index in [1.54, 1.807) is 13.8 Å². The Balaban J connectivity index is 1.93. The highest BCUT2D eigenvalue weighted by Gasteiger charge is 2.41. The monoisotopic (exact) mass is 559 g/mol. The number of carbonyl (C=O) groups is 1. The first-order chi connectivity index (χ1) is 17.6. The van der Waals surface area contributed by atoms with E-state index in [2.05, 4.69) is 11.9 Å². The molecule has 0 saturated carbocycles. The van der Waals surface area contributed by atoms with E-state index in [0.717, 1.165) is 11.8 Å². The molecule has 3 rings (SSSR count). The van der Waals surface area contributed by atoms with Gasteiger partial charge in [0.15, 0.2) is 16.9 Å². The number of thioether (sulfide) groups is 2. The molecule has 1 aromatic carbocycles. The summed E-state index contributed by atoms with van der Waals surface area (Å²) >= 11 is 2.55. The molecule has 0 unspecified atom stereocenters. The van der Waals surface area contributed by atoms with E-state index in [1.165, 1.54) is 33.1 Å². The van der Waals surface area contributed by atoms with Crippen LogP contribution in [0.5, 0.6) is 17.2 Å². The molecule has 2 aliphatic rings. The van der Waals surface area contributed by atoms with Crippen molar-refractivity contribution in [2.24, 2.45) is 5.16 Å². The maximum absolute atomic E-state index is 13.6. The number of hydrogen-bond donors (Lipinski definition) is 2.